The zero-order valence-electron chi connectivity index (χ0n) is 10.8. The summed E-state index contributed by atoms with van der Waals surface area (Å²) in [6.07, 6.45) is 2.34. The second-order valence-corrected chi connectivity index (χ2v) is 6.16. The van der Waals surface area contributed by atoms with Crippen molar-refractivity contribution in [2.45, 2.75) is 19.6 Å². The molecule has 0 bridgehead atoms. The van der Waals surface area contributed by atoms with Gasteiger partial charge in [-0.15, -0.1) is 11.3 Å². The Morgan fingerprint density at radius 3 is 3.06 bits per heavy atom. The Hall–Kier alpha value is -0.490. The van der Waals surface area contributed by atoms with Crippen molar-refractivity contribution in [1.82, 2.24) is 14.8 Å². The summed E-state index contributed by atoms with van der Waals surface area (Å²) in [6, 6.07) is 0. The first-order valence-corrected chi connectivity index (χ1v) is 6.85. The van der Waals surface area contributed by atoms with Crippen molar-refractivity contribution in [2.24, 2.45) is 0 Å². The van der Waals surface area contributed by atoms with Crippen LogP contribution in [0.4, 0.5) is 0 Å². The lowest BCUT2D eigenvalue weighted by molar-refractivity contribution is -0.0404. The molecule has 1 aliphatic rings. The normalized spacial score (nSPS) is 22.2. The van der Waals surface area contributed by atoms with Crippen LogP contribution in [-0.2, 0) is 11.3 Å². The monoisotopic (exact) mass is 255 g/mol. The molecule has 2 heterocycles. The molecule has 5 heteroatoms. The summed E-state index contributed by atoms with van der Waals surface area (Å²) >= 11 is 1.79. The van der Waals surface area contributed by atoms with E-state index in [1.54, 1.807) is 11.3 Å². The first-order valence-electron chi connectivity index (χ1n) is 6.03. The smallest absolute Gasteiger partial charge is 0.0897 e. The summed E-state index contributed by atoms with van der Waals surface area (Å²) in [6.45, 7) is 6.96. The van der Waals surface area contributed by atoms with Gasteiger partial charge in [0.05, 0.1) is 17.7 Å². The molecule has 1 atom stereocenters. The minimum absolute atomic E-state index is 0.341. The third-order valence-electron chi connectivity index (χ3n) is 2.84. The second-order valence-electron chi connectivity index (χ2n) is 4.84. The fraction of sp³-hybridized carbons (Fsp3) is 0.750. The summed E-state index contributed by atoms with van der Waals surface area (Å²) in [7, 11) is 4.18. The van der Waals surface area contributed by atoms with Gasteiger partial charge in [0.15, 0.2) is 0 Å². The van der Waals surface area contributed by atoms with Gasteiger partial charge in [0.1, 0.15) is 0 Å². The van der Waals surface area contributed by atoms with Crippen LogP contribution in [0.1, 0.15) is 9.88 Å². The maximum Gasteiger partial charge on any atom is 0.0897 e. The summed E-state index contributed by atoms with van der Waals surface area (Å²) in [5.41, 5.74) is 0. The number of thiazole rings is 1. The van der Waals surface area contributed by atoms with Crippen molar-refractivity contribution in [1.29, 1.82) is 0 Å². The highest BCUT2D eigenvalue weighted by Crippen LogP contribution is 2.16. The van der Waals surface area contributed by atoms with Crippen molar-refractivity contribution in [2.75, 3.05) is 40.3 Å². The molecule has 1 saturated heterocycles. The van der Waals surface area contributed by atoms with E-state index in [0.717, 1.165) is 37.8 Å². The standard InChI is InChI=1S/C12H21N3OS/c1-10-13-6-12(17-10)9-15-4-5-16-11(8-15)7-14(2)3/h6,11H,4-5,7-9H2,1-3H3/t11-/m0/s1. The van der Waals surface area contributed by atoms with Gasteiger partial charge in [-0.25, -0.2) is 4.98 Å². The minimum atomic E-state index is 0.341. The van der Waals surface area contributed by atoms with E-state index in [2.05, 4.69) is 35.8 Å². The molecule has 0 saturated carbocycles. The van der Waals surface area contributed by atoms with Crippen molar-refractivity contribution < 1.29 is 4.74 Å². The second kappa shape index (κ2) is 5.91. The lowest BCUT2D eigenvalue weighted by Crippen LogP contribution is -2.45. The largest absolute Gasteiger partial charge is 0.374 e. The van der Waals surface area contributed by atoms with E-state index in [9.17, 15) is 0 Å². The Bertz CT molecular complexity index is 353. The first-order chi connectivity index (χ1) is 8.13. The van der Waals surface area contributed by atoms with E-state index >= 15 is 0 Å². The van der Waals surface area contributed by atoms with E-state index in [1.807, 2.05) is 6.20 Å². The number of ether oxygens (including phenoxy) is 1. The van der Waals surface area contributed by atoms with Crippen molar-refractivity contribution in [3.63, 3.8) is 0 Å². The molecule has 0 N–H and O–H groups in total. The third kappa shape index (κ3) is 4.03. The third-order valence-corrected chi connectivity index (χ3v) is 3.74. The molecular formula is C12H21N3OS. The predicted octanol–water partition coefficient (Wildman–Crippen LogP) is 1.21. The molecule has 0 aliphatic carbocycles. The topological polar surface area (TPSA) is 28.6 Å². The van der Waals surface area contributed by atoms with Crippen LogP contribution in [0.2, 0.25) is 0 Å². The summed E-state index contributed by atoms with van der Waals surface area (Å²) in [4.78, 5) is 10.3. The highest BCUT2D eigenvalue weighted by molar-refractivity contribution is 7.11. The molecule has 0 amide bonds. The molecule has 1 aromatic heterocycles. The van der Waals surface area contributed by atoms with Gasteiger partial charge in [-0.3, -0.25) is 4.90 Å². The number of hydrogen-bond donors (Lipinski definition) is 0. The van der Waals surface area contributed by atoms with Gasteiger partial charge in [0, 0.05) is 37.3 Å². The molecule has 1 fully saturated rings. The Kier molecular flexibility index (Phi) is 4.50. The number of aryl methyl sites for hydroxylation is 1. The van der Waals surface area contributed by atoms with Crippen LogP contribution in [0.15, 0.2) is 6.20 Å². The Balaban J connectivity index is 1.85. The molecule has 0 unspecified atom stereocenters. The van der Waals surface area contributed by atoms with Crippen molar-refractivity contribution >= 4 is 11.3 Å². The van der Waals surface area contributed by atoms with Gasteiger partial charge in [-0.1, -0.05) is 0 Å². The molecule has 1 aromatic rings. The Morgan fingerprint density at radius 1 is 1.59 bits per heavy atom. The van der Waals surface area contributed by atoms with Gasteiger partial charge in [-0.05, 0) is 21.0 Å². The summed E-state index contributed by atoms with van der Waals surface area (Å²) in [5, 5.41) is 1.15. The van der Waals surface area contributed by atoms with Crippen molar-refractivity contribution in [3.8, 4) is 0 Å². The van der Waals surface area contributed by atoms with Crippen LogP contribution < -0.4 is 0 Å². The lowest BCUT2D eigenvalue weighted by atomic mass is 10.2. The van der Waals surface area contributed by atoms with E-state index in [4.69, 9.17) is 4.74 Å². The molecule has 0 aromatic carbocycles. The highest BCUT2D eigenvalue weighted by Gasteiger charge is 2.21. The van der Waals surface area contributed by atoms with Gasteiger partial charge in [-0.2, -0.15) is 0 Å². The van der Waals surface area contributed by atoms with Crippen LogP contribution >= 0.6 is 11.3 Å². The van der Waals surface area contributed by atoms with Gasteiger partial charge >= 0.3 is 0 Å². The Morgan fingerprint density at radius 2 is 2.41 bits per heavy atom. The molecule has 96 valence electrons. The zero-order valence-corrected chi connectivity index (χ0v) is 11.7. The molecule has 2 rings (SSSR count). The van der Waals surface area contributed by atoms with Gasteiger partial charge < -0.3 is 9.64 Å². The van der Waals surface area contributed by atoms with E-state index in [-0.39, 0.29) is 0 Å². The molecule has 4 nitrogen and oxygen atoms in total. The molecule has 0 radical (unpaired) electrons. The molecular weight excluding hydrogens is 234 g/mol. The quantitative estimate of drug-likeness (QED) is 0.809. The number of likely N-dealkylation sites (N-methyl/N-ethyl adjacent to an activating group) is 1. The lowest BCUT2D eigenvalue weighted by Gasteiger charge is -2.33. The molecule has 1 aliphatic heterocycles. The van der Waals surface area contributed by atoms with Crippen LogP contribution in [0.5, 0.6) is 0 Å². The number of hydrogen-bond acceptors (Lipinski definition) is 5. The minimum Gasteiger partial charge on any atom is -0.374 e. The van der Waals surface area contributed by atoms with E-state index in [1.165, 1.54) is 4.88 Å². The first kappa shape index (κ1) is 13.0. The highest BCUT2D eigenvalue weighted by atomic mass is 32.1. The fourth-order valence-corrected chi connectivity index (χ4v) is 2.98. The van der Waals surface area contributed by atoms with Crippen molar-refractivity contribution in [3.05, 3.63) is 16.1 Å². The van der Waals surface area contributed by atoms with Crippen LogP contribution in [0.25, 0.3) is 0 Å². The van der Waals surface area contributed by atoms with E-state index in [0.29, 0.717) is 6.10 Å². The fourth-order valence-electron chi connectivity index (χ4n) is 2.14. The predicted molar refractivity (Wildman–Crippen MR) is 70.4 cm³/mol. The zero-order chi connectivity index (χ0) is 12.3. The summed E-state index contributed by atoms with van der Waals surface area (Å²) in [5.74, 6) is 0. The number of nitrogens with zero attached hydrogens (tertiary/aromatic N) is 3. The molecule has 17 heavy (non-hydrogen) atoms. The van der Waals surface area contributed by atoms with Crippen LogP contribution in [0, 0.1) is 6.92 Å². The molecule has 0 spiro atoms. The average Bonchev–Trinajstić information content (AvgIpc) is 2.63. The van der Waals surface area contributed by atoms with E-state index < -0.39 is 0 Å². The number of rotatable bonds is 4. The maximum absolute atomic E-state index is 5.77. The maximum atomic E-state index is 5.77. The average molecular weight is 255 g/mol. The number of aromatic nitrogens is 1. The number of morpholine rings is 1. The van der Waals surface area contributed by atoms with Crippen LogP contribution in [-0.4, -0.2) is 61.2 Å². The van der Waals surface area contributed by atoms with Gasteiger partial charge in [0.25, 0.3) is 0 Å². The Labute approximate surface area is 107 Å². The van der Waals surface area contributed by atoms with Gasteiger partial charge in [0.2, 0.25) is 0 Å². The van der Waals surface area contributed by atoms with Crippen LogP contribution in [0.3, 0.4) is 0 Å². The summed E-state index contributed by atoms with van der Waals surface area (Å²) < 4.78 is 5.77. The SMILES string of the molecule is Cc1ncc(CN2CCO[C@@H](CN(C)C)C2)s1.